The monoisotopic (exact) mass is 396 g/mol. The topological polar surface area (TPSA) is 58.4 Å². The molecule has 0 radical (unpaired) electrons. The Morgan fingerprint density at radius 2 is 1.79 bits per heavy atom. The number of fused-ring (bicyclic) bond motifs is 1. The number of aryl methyl sites for hydroxylation is 1. The second kappa shape index (κ2) is 7.85. The lowest BCUT2D eigenvalue weighted by atomic mass is 9.88. The number of aromatic nitrogens is 4. The van der Waals surface area contributed by atoms with Crippen LogP contribution in [0.3, 0.4) is 0 Å². The third-order valence-electron chi connectivity index (χ3n) is 5.87. The molecule has 154 valence electrons. The summed E-state index contributed by atoms with van der Waals surface area (Å²) in [7, 11) is 0. The molecule has 3 heterocycles. The summed E-state index contributed by atoms with van der Waals surface area (Å²) >= 11 is 0. The Hall–Kier alpha value is -1.90. The molecule has 0 amide bonds. The van der Waals surface area contributed by atoms with Gasteiger partial charge in [-0.2, -0.15) is 22.7 Å². The summed E-state index contributed by atoms with van der Waals surface area (Å²) in [4.78, 5) is 10.2. The maximum absolute atomic E-state index is 13.0. The third kappa shape index (κ3) is 4.39. The lowest BCUT2D eigenvalue weighted by molar-refractivity contribution is -0.144. The van der Waals surface area contributed by atoms with Gasteiger partial charge >= 0.3 is 6.18 Å². The van der Waals surface area contributed by atoms with Gasteiger partial charge in [0, 0.05) is 37.4 Å². The number of hydrogen-bond acceptors (Lipinski definition) is 5. The summed E-state index contributed by atoms with van der Waals surface area (Å²) in [6, 6.07) is 1.95. The minimum Gasteiger partial charge on any atom is -0.367 e. The molecule has 0 unspecified atom stereocenters. The second-order valence-corrected chi connectivity index (χ2v) is 8.15. The number of halogens is 3. The number of rotatable bonds is 4. The number of anilines is 1. The molecule has 0 atom stereocenters. The number of hydrogen-bond donors (Lipinski definition) is 1. The summed E-state index contributed by atoms with van der Waals surface area (Å²) in [6.07, 6.45) is 4.15. The standard InChI is InChI=1S/C19H27F3N6/c1-13-11-16(28-18(23-13)25-17(26-28)19(20,21)22)24-15-7-9-27(10-8-15)12-14-5-3-2-4-6-14/h11,14-15,24H,2-10,12H2,1H3. The first-order chi connectivity index (χ1) is 13.4. The highest BCUT2D eigenvalue weighted by Crippen LogP contribution is 2.28. The molecule has 1 saturated carbocycles. The molecule has 28 heavy (non-hydrogen) atoms. The molecule has 2 aliphatic rings. The first-order valence-corrected chi connectivity index (χ1v) is 10.2. The van der Waals surface area contributed by atoms with Gasteiger partial charge in [-0.3, -0.25) is 0 Å². The van der Waals surface area contributed by atoms with Crippen LogP contribution in [0.2, 0.25) is 0 Å². The van der Waals surface area contributed by atoms with Crippen LogP contribution in [0.25, 0.3) is 5.78 Å². The van der Waals surface area contributed by atoms with E-state index in [2.05, 4.69) is 25.3 Å². The molecule has 4 rings (SSSR count). The smallest absolute Gasteiger partial charge is 0.367 e. The van der Waals surface area contributed by atoms with Crippen LogP contribution in [0.1, 0.15) is 56.5 Å². The fourth-order valence-corrected chi connectivity index (χ4v) is 4.41. The lowest BCUT2D eigenvalue weighted by Crippen LogP contribution is -2.41. The van der Waals surface area contributed by atoms with E-state index in [-0.39, 0.29) is 11.8 Å². The van der Waals surface area contributed by atoms with E-state index in [0.29, 0.717) is 11.5 Å². The molecular weight excluding hydrogens is 369 g/mol. The zero-order valence-electron chi connectivity index (χ0n) is 16.2. The van der Waals surface area contributed by atoms with Crippen LogP contribution in [-0.2, 0) is 6.18 Å². The maximum Gasteiger partial charge on any atom is 0.453 e. The average Bonchev–Trinajstić information content (AvgIpc) is 3.09. The molecule has 0 bridgehead atoms. The highest BCUT2D eigenvalue weighted by atomic mass is 19.4. The van der Waals surface area contributed by atoms with Crippen LogP contribution in [0.5, 0.6) is 0 Å². The van der Waals surface area contributed by atoms with Crippen molar-refractivity contribution in [2.45, 2.75) is 64.1 Å². The Labute approximate surface area is 162 Å². The maximum atomic E-state index is 13.0. The Kier molecular flexibility index (Phi) is 5.44. The molecule has 1 aliphatic heterocycles. The van der Waals surface area contributed by atoms with Crippen LogP contribution in [-0.4, -0.2) is 50.2 Å². The predicted molar refractivity (Wildman–Crippen MR) is 100 cm³/mol. The van der Waals surface area contributed by atoms with Gasteiger partial charge in [-0.25, -0.2) is 4.98 Å². The van der Waals surface area contributed by atoms with Gasteiger partial charge in [0.25, 0.3) is 11.6 Å². The van der Waals surface area contributed by atoms with E-state index < -0.39 is 12.0 Å². The summed E-state index contributed by atoms with van der Waals surface area (Å²) in [5, 5.41) is 7.01. The molecule has 2 aromatic heterocycles. The fourth-order valence-electron chi connectivity index (χ4n) is 4.41. The fraction of sp³-hybridized carbons (Fsp3) is 0.737. The Balaban J connectivity index is 1.40. The summed E-state index contributed by atoms with van der Waals surface area (Å²) in [5.41, 5.74) is 0.617. The van der Waals surface area contributed by atoms with Gasteiger partial charge in [0.1, 0.15) is 5.82 Å². The van der Waals surface area contributed by atoms with Gasteiger partial charge in [-0.15, -0.1) is 5.10 Å². The highest BCUT2D eigenvalue weighted by Gasteiger charge is 2.37. The molecule has 2 fully saturated rings. The molecule has 6 nitrogen and oxygen atoms in total. The first-order valence-electron chi connectivity index (χ1n) is 10.2. The van der Waals surface area contributed by atoms with Crippen LogP contribution in [0.15, 0.2) is 6.07 Å². The zero-order chi connectivity index (χ0) is 19.7. The lowest BCUT2D eigenvalue weighted by Gasteiger charge is -2.35. The van der Waals surface area contributed by atoms with Gasteiger partial charge in [-0.1, -0.05) is 19.3 Å². The van der Waals surface area contributed by atoms with E-state index in [9.17, 15) is 13.2 Å². The van der Waals surface area contributed by atoms with Crippen molar-refractivity contribution in [1.29, 1.82) is 0 Å². The third-order valence-corrected chi connectivity index (χ3v) is 5.87. The number of alkyl halides is 3. The van der Waals surface area contributed by atoms with Crippen LogP contribution in [0, 0.1) is 12.8 Å². The van der Waals surface area contributed by atoms with Crippen molar-refractivity contribution in [3.63, 3.8) is 0 Å². The van der Waals surface area contributed by atoms with Crippen molar-refractivity contribution in [1.82, 2.24) is 24.5 Å². The van der Waals surface area contributed by atoms with Crippen molar-refractivity contribution in [2.24, 2.45) is 5.92 Å². The minimum absolute atomic E-state index is 0.0236. The highest BCUT2D eigenvalue weighted by molar-refractivity contribution is 5.46. The quantitative estimate of drug-likeness (QED) is 0.849. The largest absolute Gasteiger partial charge is 0.453 e. The number of nitrogens with zero attached hydrogens (tertiary/aromatic N) is 5. The van der Waals surface area contributed by atoms with Crippen molar-refractivity contribution < 1.29 is 13.2 Å². The van der Waals surface area contributed by atoms with E-state index in [1.165, 1.54) is 43.2 Å². The van der Waals surface area contributed by atoms with Crippen molar-refractivity contribution in [2.75, 3.05) is 25.0 Å². The number of piperidine rings is 1. The summed E-state index contributed by atoms with van der Waals surface area (Å²) in [5.74, 6) is 0.174. The molecular formula is C19H27F3N6. The Bertz CT molecular complexity index is 804. The van der Waals surface area contributed by atoms with E-state index >= 15 is 0 Å². The molecule has 1 aliphatic carbocycles. The normalized spacial score (nSPS) is 20.7. The predicted octanol–water partition coefficient (Wildman–Crippen LogP) is 3.91. The van der Waals surface area contributed by atoms with E-state index in [1.54, 1.807) is 13.0 Å². The number of likely N-dealkylation sites (tertiary alicyclic amines) is 1. The average molecular weight is 396 g/mol. The van der Waals surface area contributed by atoms with Crippen LogP contribution < -0.4 is 5.32 Å². The molecule has 9 heteroatoms. The summed E-state index contributed by atoms with van der Waals surface area (Å²) in [6.45, 7) is 4.97. The van der Waals surface area contributed by atoms with E-state index in [4.69, 9.17) is 0 Å². The molecule has 2 aromatic rings. The van der Waals surface area contributed by atoms with Crippen molar-refractivity contribution in [3.05, 3.63) is 17.6 Å². The van der Waals surface area contributed by atoms with Gasteiger partial charge in [0.15, 0.2) is 0 Å². The Morgan fingerprint density at radius 3 is 2.46 bits per heavy atom. The van der Waals surface area contributed by atoms with Crippen LogP contribution in [0.4, 0.5) is 19.0 Å². The molecule has 0 spiro atoms. The zero-order valence-corrected chi connectivity index (χ0v) is 16.2. The number of nitrogens with one attached hydrogen (secondary N) is 1. The van der Waals surface area contributed by atoms with Crippen molar-refractivity contribution >= 4 is 11.6 Å². The van der Waals surface area contributed by atoms with Gasteiger partial charge in [0.05, 0.1) is 0 Å². The van der Waals surface area contributed by atoms with Crippen LogP contribution >= 0.6 is 0 Å². The Morgan fingerprint density at radius 1 is 1.07 bits per heavy atom. The molecule has 0 aromatic carbocycles. The molecule has 1 saturated heterocycles. The first kappa shape index (κ1) is 19.4. The molecule has 1 N–H and O–H groups in total. The second-order valence-electron chi connectivity index (χ2n) is 8.15. The van der Waals surface area contributed by atoms with Gasteiger partial charge < -0.3 is 10.2 Å². The SMILES string of the molecule is Cc1cc(NC2CCN(CC3CCCCC3)CC2)n2nc(C(F)(F)F)nc2n1. The van der Waals surface area contributed by atoms with Gasteiger partial charge in [0.2, 0.25) is 0 Å². The van der Waals surface area contributed by atoms with Gasteiger partial charge in [-0.05, 0) is 38.5 Å². The minimum atomic E-state index is -4.58. The van der Waals surface area contributed by atoms with E-state index in [1.807, 2.05) is 0 Å². The summed E-state index contributed by atoms with van der Waals surface area (Å²) < 4.78 is 40.1. The van der Waals surface area contributed by atoms with Crippen molar-refractivity contribution in [3.8, 4) is 0 Å². The van der Waals surface area contributed by atoms with E-state index in [0.717, 1.165) is 31.8 Å².